The summed E-state index contributed by atoms with van der Waals surface area (Å²) >= 11 is 3.34. The van der Waals surface area contributed by atoms with Crippen LogP contribution in [0, 0.1) is 6.92 Å². The average Bonchev–Trinajstić information content (AvgIpc) is 2.78. The van der Waals surface area contributed by atoms with Crippen LogP contribution in [-0.2, 0) is 10.0 Å². The van der Waals surface area contributed by atoms with Crippen molar-refractivity contribution in [2.45, 2.75) is 24.3 Å². The molecule has 5 nitrogen and oxygen atoms in total. The molecule has 0 bridgehead atoms. The highest BCUT2D eigenvalue weighted by molar-refractivity contribution is 9.10. The van der Waals surface area contributed by atoms with Crippen LogP contribution in [0.5, 0.6) is 0 Å². The van der Waals surface area contributed by atoms with Gasteiger partial charge in [-0.05, 0) is 31.0 Å². The van der Waals surface area contributed by atoms with Crippen LogP contribution < -0.4 is 4.72 Å². The molecule has 1 saturated heterocycles. The molecule has 0 radical (unpaired) electrons. The highest BCUT2D eigenvalue weighted by atomic mass is 79.9. The summed E-state index contributed by atoms with van der Waals surface area (Å²) < 4.78 is 27.9. The maximum atomic E-state index is 12.2. The number of nitrogens with zero attached hydrogens (tertiary/aromatic N) is 1. The van der Waals surface area contributed by atoms with Crippen molar-refractivity contribution in [3.63, 3.8) is 0 Å². The van der Waals surface area contributed by atoms with Crippen LogP contribution in [0.25, 0.3) is 0 Å². The van der Waals surface area contributed by atoms with Gasteiger partial charge in [-0.15, -0.1) is 0 Å². The number of aliphatic hydroxyl groups excluding tert-OH is 1. The lowest BCUT2D eigenvalue weighted by Crippen LogP contribution is -2.34. The first kappa shape index (κ1) is 15.9. The van der Waals surface area contributed by atoms with Gasteiger partial charge in [0.2, 0.25) is 10.0 Å². The molecule has 1 aromatic carbocycles. The molecule has 20 heavy (non-hydrogen) atoms. The fourth-order valence-electron chi connectivity index (χ4n) is 2.31. The number of rotatable bonds is 5. The molecule has 0 spiro atoms. The van der Waals surface area contributed by atoms with Gasteiger partial charge in [0.15, 0.2) is 0 Å². The molecule has 1 aliphatic rings. The molecule has 0 amide bonds. The van der Waals surface area contributed by atoms with Crippen molar-refractivity contribution >= 4 is 26.0 Å². The first-order valence-electron chi connectivity index (χ1n) is 6.55. The molecule has 1 heterocycles. The fourth-order valence-corrected chi connectivity index (χ4v) is 4.09. The summed E-state index contributed by atoms with van der Waals surface area (Å²) in [5, 5.41) is 9.42. The van der Waals surface area contributed by atoms with Gasteiger partial charge < -0.3 is 5.11 Å². The quantitative estimate of drug-likeness (QED) is 0.822. The van der Waals surface area contributed by atoms with Gasteiger partial charge >= 0.3 is 0 Å². The number of likely N-dealkylation sites (tertiary alicyclic amines) is 1. The molecule has 1 fully saturated rings. The standard InChI is InChI=1S/C13H19BrN2O3S/c1-10-12(14)3-2-4-13(10)20(18,19)15-6-8-16-7-5-11(17)9-16/h2-4,11,15,17H,5-9H2,1H3/t11-/m1/s1. The Bertz CT molecular complexity index is 577. The molecule has 1 aliphatic heterocycles. The summed E-state index contributed by atoms with van der Waals surface area (Å²) in [6, 6.07) is 5.13. The Morgan fingerprint density at radius 3 is 2.90 bits per heavy atom. The van der Waals surface area contributed by atoms with Crippen molar-refractivity contribution in [2.24, 2.45) is 0 Å². The number of hydrogen-bond donors (Lipinski definition) is 2. The molecule has 112 valence electrons. The molecule has 1 aromatic rings. The van der Waals surface area contributed by atoms with Crippen LogP contribution in [-0.4, -0.2) is 50.7 Å². The van der Waals surface area contributed by atoms with Crippen molar-refractivity contribution < 1.29 is 13.5 Å². The van der Waals surface area contributed by atoms with Gasteiger partial charge in [0.1, 0.15) is 0 Å². The van der Waals surface area contributed by atoms with Gasteiger partial charge in [0.25, 0.3) is 0 Å². The Morgan fingerprint density at radius 2 is 2.25 bits per heavy atom. The van der Waals surface area contributed by atoms with Crippen molar-refractivity contribution in [2.75, 3.05) is 26.2 Å². The third-order valence-electron chi connectivity index (χ3n) is 3.48. The van der Waals surface area contributed by atoms with Gasteiger partial charge in [-0.3, -0.25) is 4.90 Å². The monoisotopic (exact) mass is 362 g/mol. The molecule has 2 N–H and O–H groups in total. The molecular weight excluding hydrogens is 344 g/mol. The minimum atomic E-state index is -3.49. The number of benzene rings is 1. The van der Waals surface area contributed by atoms with Crippen LogP contribution >= 0.6 is 15.9 Å². The molecule has 0 saturated carbocycles. The van der Waals surface area contributed by atoms with Gasteiger partial charge in [0.05, 0.1) is 11.0 Å². The van der Waals surface area contributed by atoms with E-state index >= 15 is 0 Å². The molecule has 0 aliphatic carbocycles. The summed E-state index contributed by atoms with van der Waals surface area (Å²) in [6.45, 7) is 4.18. The summed E-state index contributed by atoms with van der Waals surface area (Å²) in [6.07, 6.45) is 0.483. The Kier molecular flexibility index (Phi) is 5.19. The topological polar surface area (TPSA) is 69.6 Å². The van der Waals surface area contributed by atoms with Crippen LogP contribution in [0.4, 0.5) is 0 Å². The van der Waals surface area contributed by atoms with E-state index in [0.717, 1.165) is 17.4 Å². The van der Waals surface area contributed by atoms with Crippen LogP contribution in [0.1, 0.15) is 12.0 Å². The largest absolute Gasteiger partial charge is 0.392 e. The fraction of sp³-hybridized carbons (Fsp3) is 0.538. The Labute approximate surface area is 128 Å². The van der Waals surface area contributed by atoms with Crippen molar-refractivity contribution in [1.82, 2.24) is 9.62 Å². The molecule has 0 unspecified atom stereocenters. The van der Waals surface area contributed by atoms with Crippen molar-refractivity contribution in [3.8, 4) is 0 Å². The maximum Gasteiger partial charge on any atom is 0.240 e. The first-order valence-corrected chi connectivity index (χ1v) is 8.83. The summed E-state index contributed by atoms with van der Waals surface area (Å²) in [7, 11) is -3.49. The van der Waals surface area contributed by atoms with Crippen LogP contribution in [0.2, 0.25) is 0 Å². The first-order chi connectivity index (χ1) is 9.40. The van der Waals surface area contributed by atoms with E-state index in [-0.39, 0.29) is 6.10 Å². The predicted octanol–water partition coefficient (Wildman–Crippen LogP) is 1.10. The highest BCUT2D eigenvalue weighted by Crippen LogP contribution is 2.22. The van der Waals surface area contributed by atoms with Gasteiger partial charge in [-0.1, -0.05) is 22.0 Å². The Hall–Kier alpha value is -0.470. The predicted molar refractivity (Wildman–Crippen MR) is 81.1 cm³/mol. The number of nitrogens with one attached hydrogen (secondary N) is 1. The lowest BCUT2D eigenvalue weighted by molar-refractivity contribution is 0.177. The van der Waals surface area contributed by atoms with Gasteiger partial charge in [-0.2, -0.15) is 0 Å². The average molecular weight is 363 g/mol. The van der Waals surface area contributed by atoms with E-state index in [0.29, 0.717) is 30.1 Å². The zero-order chi connectivity index (χ0) is 14.8. The Balaban J connectivity index is 1.96. The number of sulfonamides is 1. The molecule has 0 aromatic heterocycles. The number of β-amino-alcohol motifs (C(OH)–C–C–N with tert-alkyl or cyclic N) is 1. The second kappa shape index (κ2) is 6.53. The highest BCUT2D eigenvalue weighted by Gasteiger charge is 2.21. The number of hydrogen-bond acceptors (Lipinski definition) is 4. The minimum Gasteiger partial charge on any atom is -0.392 e. The minimum absolute atomic E-state index is 0.279. The lowest BCUT2D eigenvalue weighted by atomic mass is 10.2. The van der Waals surface area contributed by atoms with Crippen LogP contribution in [0.3, 0.4) is 0 Å². The smallest absolute Gasteiger partial charge is 0.240 e. The second-order valence-electron chi connectivity index (χ2n) is 5.00. The zero-order valence-electron chi connectivity index (χ0n) is 11.3. The van der Waals surface area contributed by atoms with Crippen molar-refractivity contribution in [3.05, 3.63) is 28.2 Å². The summed E-state index contributed by atoms with van der Waals surface area (Å²) in [4.78, 5) is 2.36. The van der Waals surface area contributed by atoms with E-state index in [2.05, 4.69) is 25.6 Å². The summed E-state index contributed by atoms with van der Waals surface area (Å²) in [5.74, 6) is 0. The molecular formula is C13H19BrN2O3S. The van der Waals surface area contributed by atoms with E-state index in [4.69, 9.17) is 0 Å². The zero-order valence-corrected chi connectivity index (χ0v) is 13.7. The molecule has 1 atom stereocenters. The third kappa shape index (κ3) is 3.79. The van der Waals surface area contributed by atoms with E-state index in [1.54, 1.807) is 19.1 Å². The van der Waals surface area contributed by atoms with E-state index < -0.39 is 10.0 Å². The second-order valence-corrected chi connectivity index (χ2v) is 7.59. The number of halogens is 1. The van der Waals surface area contributed by atoms with Crippen LogP contribution in [0.15, 0.2) is 27.6 Å². The Morgan fingerprint density at radius 1 is 1.50 bits per heavy atom. The van der Waals surface area contributed by atoms with E-state index in [1.165, 1.54) is 0 Å². The van der Waals surface area contributed by atoms with E-state index in [1.807, 2.05) is 6.07 Å². The third-order valence-corrected chi connectivity index (χ3v) is 5.94. The normalized spacial score (nSPS) is 20.4. The summed E-state index contributed by atoms with van der Waals surface area (Å²) in [5.41, 5.74) is 0.705. The van der Waals surface area contributed by atoms with Gasteiger partial charge in [0, 0.05) is 30.7 Å². The SMILES string of the molecule is Cc1c(Br)cccc1S(=O)(=O)NCCN1CC[C@@H](O)C1. The lowest BCUT2D eigenvalue weighted by Gasteiger charge is -2.16. The van der Waals surface area contributed by atoms with E-state index in [9.17, 15) is 13.5 Å². The molecule has 7 heteroatoms. The van der Waals surface area contributed by atoms with Gasteiger partial charge in [-0.25, -0.2) is 13.1 Å². The molecule has 2 rings (SSSR count). The van der Waals surface area contributed by atoms with Crippen molar-refractivity contribution in [1.29, 1.82) is 0 Å². The maximum absolute atomic E-state index is 12.2. The number of aliphatic hydroxyl groups is 1.